The van der Waals surface area contributed by atoms with Gasteiger partial charge in [0.15, 0.2) is 0 Å². The van der Waals surface area contributed by atoms with E-state index in [0.29, 0.717) is 0 Å². The summed E-state index contributed by atoms with van der Waals surface area (Å²) < 4.78 is 0. The lowest BCUT2D eigenvalue weighted by Crippen LogP contribution is -1.91. The van der Waals surface area contributed by atoms with Gasteiger partial charge in [0.25, 0.3) is 0 Å². The van der Waals surface area contributed by atoms with Crippen LogP contribution in [0.3, 0.4) is 0 Å². The van der Waals surface area contributed by atoms with Crippen molar-refractivity contribution in [1.82, 2.24) is 0 Å². The monoisotopic (exact) mass is 83.0 g/mol. The van der Waals surface area contributed by atoms with Crippen molar-refractivity contribution in [1.29, 1.82) is 0 Å². The molecule has 1 unspecified atom stereocenters. The summed E-state index contributed by atoms with van der Waals surface area (Å²) in [6, 6.07) is 0. The van der Waals surface area contributed by atoms with Crippen LogP contribution in [0.2, 0.25) is 0 Å². The standard InChI is InChI=1S/C5H7O/c1-3-4-5(2)6/h5-6H,1H2,2H3. The molecule has 0 aromatic carbocycles. The summed E-state index contributed by atoms with van der Waals surface area (Å²) in [6.07, 6.45) is -0.525. The second-order valence-electron chi connectivity index (χ2n) is 0.997. The van der Waals surface area contributed by atoms with Gasteiger partial charge in [-0.1, -0.05) is 11.8 Å². The molecule has 0 aliphatic carbocycles. The first-order chi connectivity index (χ1) is 2.77. The van der Waals surface area contributed by atoms with Gasteiger partial charge in [-0.15, -0.1) is 0 Å². The van der Waals surface area contributed by atoms with Crippen LogP contribution in [0.25, 0.3) is 0 Å². The molecule has 0 rings (SSSR count). The van der Waals surface area contributed by atoms with Crippen LogP contribution in [-0.2, 0) is 0 Å². The zero-order valence-corrected chi connectivity index (χ0v) is 3.73. The van der Waals surface area contributed by atoms with Crippen LogP contribution in [0.1, 0.15) is 6.92 Å². The van der Waals surface area contributed by atoms with Gasteiger partial charge in [-0.25, -0.2) is 0 Å². The molecule has 6 heavy (non-hydrogen) atoms. The highest BCUT2D eigenvalue weighted by Crippen LogP contribution is 1.69. The van der Waals surface area contributed by atoms with E-state index < -0.39 is 6.10 Å². The quantitative estimate of drug-likeness (QED) is 0.415. The average Bonchev–Trinajstić information content (AvgIpc) is 1.35. The lowest BCUT2D eigenvalue weighted by molar-refractivity contribution is 0.253. The van der Waals surface area contributed by atoms with E-state index in [9.17, 15) is 0 Å². The van der Waals surface area contributed by atoms with E-state index in [1.54, 1.807) is 6.92 Å². The summed E-state index contributed by atoms with van der Waals surface area (Å²) in [7, 11) is 0. The fraction of sp³-hybridized carbons (Fsp3) is 0.400. The Bertz CT molecular complexity index is 73.7. The minimum atomic E-state index is -0.525. The molecule has 0 aromatic rings. The fourth-order valence-electron chi connectivity index (χ4n) is 0.148. The van der Waals surface area contributed by atoms with Crippen molar-refractivity contribution in [3.63, 3.8) is 0 Å². The van der Waals surface area contributed by atoms with Gasteiger partial charge in [0.2, 0.25) is 0 Å². The van der Waals surface area contributed by atoms with E-state index >= 15 is 0 Å². The summed E-state index contributed by atoms with van der Waals surface area (Å²) in [5.41, 5.74) is 0. The molecule has 0 heterocycles. The predicted octanol–water partition coefficient (Wildman–Crippen LogP) is 0.205. The predicted molar refractivity (Wildman–Crippen MR) is 24.8 cm³/mol. The highest BCUT2D eigenvalue weighted by molar-refractivity contribution is 5.04. The average molecular weight is 83.1 g/mol. The van der Waals surface area contributed by atoms with Crippen molar-refractivity contribution in [2.24, 2.45) is 0 Å². The van der Waals surface area contributed by atoms with Crippen LogP contribution in [0.5, 0.6) is 0 Å². The van der Waals surface area contributed by atoms with Gasteiger partial charge in [0.05, 0.1) is 0 Å². The molecule has 0 saturated heterocycles. The molecule has 33 valence electrons. The third-order valence-electron chi connectivity index (χ3n) is 0.311. The Labute approximate surface area is 38.0 Å². The molecule has 1 radical (unpaired) electrons. The lowest BCUT2D eigenvalue weighted by atomic mass is 10.4. The van der Waals surface area contributed by atoms with E-state index in [4.69, 9.17) is 5.11 Å². The van der Waals surface area contributed by atoms with E-state index in [2.05, 4.69) is 18.8 Å². The van der Waals surface area contributed by atoms with Crippen LogP contribution in [0.15, 0.2) is 0 Å². The first-order valence-corrected chi connectivity index (χ1v) is 1.73. The summed E-state index contributed by atoms with van der Waals surface area (Å²) in [6.45, 7) is 4.80. The van der Waals surface area contributed by atoms with Gasteiger partial charge in [-0.3, -0.25) is 0 Å². The Balaban J connectivity index is 3.20. The maximum absolute atomic E-state index is 8.34. The molecule has 1 N–H and O–H groups in total. The van der Waals surface area contributed by atoms with E-state index in [1.165, 1.54) is 0 Å². The highest BCUT2D eigenvalue weighted by Gasteiger charge is 1.77. The molecule has 0 saturated carbocycles. The fourth-order valence-corrected chi connectivity index (χ4v) is 0.148. The zero-order chi connectivity index (χ0) is 4.99. The third kappa shape index (κ3) is 3.52. The maximum atomic E-state index is 8.34. The number of rotatable bonds is 0. The van der Waals surface area contributed by atoms with Gasteiger partial charge >= 0.3 is 0 Å². The summed E-state index contributed by atoms with van der Waals surface area (Å²) in [4.78, 5) is 0. The topological polar surface area (TPSA) is 20.2 Å². The molecular formula is C5H7O. The van der Waals surface area contributed by atoms with Crippen molar-refractivity contribution in [3.8, 4) is 11.8 Å². The van der Waals surface area contributed by atoms with Crippen molar-refractivity contribution >= 4 is 0 Å². The molecule has 0 aliphatic heterocycles. The Hall–Kier alpha value is -0.480. The molecule has 0 spiro atoms. The van der Waals surface area contributed by atoms with Crippen LogP contribution in [-0.4, -0.2) is 11.2 Å². The second-order valence-corrected chi connectivity index (χ2v) is 0.997. The van der Waals surface area contributed by atoms with Gasteiger partial charge in [0.1, 0.15) is 6.10 Å². The van der Waals surface area contributed by atoms with Crippen LogP contribution in [0.4, 0.5) is 0 Å². The SMILES string of the molecule is [CH2]C#CC(C)O. The highest BCUT2D eigenvalue weighted by atomic mass is 16.3. The van der Waals surface area contributed by atoms with E-state index in [-0.39, 0.29) is 0 Å². The Morgan fingerprint density at radius 1 is 1.83 bits per heavy atom. The molecule has 0 aromatic heterocycles. The Morgan fingerprint density at radius 2 is 2.33 bits per heavy atom. The number of aliphatic hydroxyl groups is 1. The Morgan fingerprint density at radius 3 is 2.33 bits per heavy atom. The number of hydrogen-bond acceptors (Lipinski definition) is 1. The normalized spacial score (nSPS) is 11.8. The molecular weight excluding hydrogens is 76.1 g/mol. The lowest BCUT2D eigenvalue weighted by Gasteiger charge is -1.82. The van der Waals surface area contributed by atoms with Crippen molar-refractivity contribution in [2.45, 2.75) is 13.0 Å². The maximum Gasteiger partial charge on any atom is 0.111 e. The minimum Gasteiger partial charge on any atom is -0.381 e. The molecule has 0 aliphatic rings. The van der Waals surface area contributed by atoms with Crippen molar-refractivity contribution < 1.29 is 5.11 Å². The van der Waals surface area contributed by atoms with Gasteiger partial charge in [-0.05, 0) is 6.92 Å². The smallest absolute Gasteiger partial charge is 0.111 e. The Kier molecular flexibility index (Phi) is 2.52. The molecule has 0 fully saturated rings. The molecule has 1 heteroatoms. The zero-order valence-electron chi connectivity index (χ0n) is 3.73. The van der Waals surface area contributed by atoms with Crippen LogP contribution < -0.4 is 0 Å². The summed E-state index contributed by atoms with van der Waals surface area (Å²) in [5.74, 6) is 4.72. The second kappa shape index (κ2) is 2.74. The minimum absolute atomic E-state index is 0.525. The van der Waals surface area contributed by atoms with Gasteiger partial charge in [0, 0.05) is 6.92 Å². The van der Waals surface area contributed by atoms with Crippen LogP contribution >= 0.6 is 0 Å². The molecule has 1 atom stereocenters. The number of aliphatic hydroxyl groups excluding tert-OH is 1. The third-order valence-corrected chi connectivity index (χ3v) is 0.311. The molecule has 0 bridgehead atoms. The van der Waals surface area contributed by atoms with Gasteiger partial charge in [-0.2, -0.15) is 0 Å². The molecule has 1 nitrogen and oxygen atoms in total. The number of hydrogen-bond donors (Lipinski definition) is 1. The van der Waals surface area contributed by atoms with E-state index in [0.717, 1.165) is 0 Å². The summed E-state index contributed by atoms with van der Waals surface area (Å²) >= 11 is 0. The van der Waals surface area contributed by atoms with E-state index in [1.807, 2.05) is 0 Å². The largest absolute Gasteiger partial charge is 0.381 e. The first kappa shape index (κ1) is 5.52. The van der Waals surface area contributed by atoms with Crippen molar-refractivity contribution in [3.05, 3.63) is 6.92 Å². The van der Waals surface area contributed by atoms with Crippen molar-refractivity contribution in [2.75, 3.05) is 0 Å². The van der Waals surface area contributed by atoms with Gasteiger partial charge < -0.3 is 5.11 Å². The molecule has 0 amide bonds. The van der Waals surface area contributed by atoms with Crippen LogP contribution in [0, 0.1) is 18.8 Å². The summed E-state index contributed by atoms with van der Waals surface area (Å²) in [5, 5.41) is 8.34. The first-order valence-electron chi connectivity index (χ1n) is 1.73.